The van der Waals surface area contributed by atoms with Gasteiger partial charge in [0, 0.05) is 18.7 Å². The molecular weight excluding hydrogens is 299 g/mol. The number of rotatable bonds is 3. The van der Waals surface area contributed by atoms with Gasteiger partial charge in [-0.2, -0.15) is 0 Å². The highest BCUT2D eigenvalue weighted by Gasteiger charge is 2.19. The Hall–Kier alpha value is -1.05. The molecule has 1 saturated heterocycles. The van der Waals surface area contributed by atoms with E-state index < -0.39 is 9.84 Å². The Morgan fingerprint density at radius 2 is 2.05 bits per heavy atom. The molecule has 0 bridgehead atoms. The monoisotopic (exact) mass is 316 g/mol. The third-order valence-electron chi connectivity index (χ3n) is 3.30. The number of halogens is 1. The van der Waals surface area contributed by atoms with Crippen LogP contribution in [0.1, 0.15) is 17.5 Å². The molecule has 1 aromatic rings. The number of nitrogens with two attached hydrogens (primary N) is 1. The van der Waals surface area contributed by atoms with Crippen LogP contribution in [0.4, 0.5) is 4.39 Å². The first-order valence-corrected chi connectivity index (χ1v) is 8.61. The smallest absolute Gasteiger partial charge is 0.151 e. The molecule has 110 valence electrons. The van der Waals surface area contributed by atoms with Crippen molar-refractivity contribution >= 4 is 27.0 Å². The Kier molecular flexibility index (Phi) is 4.72. The summed E-state index contributed by atoms with van der Waals surface area (Å²) < 4.78 is 36.6. The van der Waals surface area contributed by atoms with Crippen molar-refractivity contribution in [2.24, 2.45) is 5.73 Å². The van der Waals surface area contributed by atoms with E-state index in [-0.39, 0.29) is 22.3 Å². The van der Waals surface area contributed by atoms with Gasteiger partial charge < -0.3 is 5.73 Å². The molecule has 4 nitrogen and oxygen atoms in total. The van der Waals surface area contributed by atoms with Gasteiger partial charge >= 0.3 is 0 Å². The topological polar surface area (TPSA) is 63.4 Å². The molecule has 0 amide bonds. The number of thiocarbonyl (C=S) groups is 1. The lowest BCUT2D eigenvalue weighted by Gasteiger charge is -2.19. The van der Waals surface area contributed by atoms with E-state index in [2.05, 4.69) is 0 Å². The van der Waals surface area contributed by atoms with E-state index in [1.165, 1.54) is 12.1 Å². The van der Waals surface area contributed by atoms with Gasteiger partial charge in [0.1, 0.15) is 10.8 Å². The maximum atomic E-state index is 13.5. The van der Waals surface area contributed by atoms with Crippen molar-refractivity contribution in [2.45, 2.75) is 13.0 Å². The predicted octanol–water partition coefficient (Wildman–Crippen LogP) is 1.08. The molecule has 0 atom stereocenters. The van der Waals surface area contributed by atoms with E-state index >= 15 is 0 Å². The van der Waals surface area contributed by atoms with Crippen LogP contribution in [-0.2, 0) is 16.4 Å². The average Bonchev–Trinajstić information content (AvgIpc) is 2.50. The maximum absolute atomic E-state index is 13.5. The second kappa shape index (κ2) is 6.15. The molecule has 20 heavy (non-hydrogen) atoms. The summed E-state index contributed by atoms with van der Waals surface area (Å²) in [6.07, 6.45) is 0.611. The summed E-state index contributed by atoms with van der Waals surface area (Å²) in [7, 11) is -2.93. The summed E-state index contributed by atoms with van der Waals surface area (Å²) in [5.74, 6) is 0.00247. The van der Waals surface area contributed by atoms with Crippen LogP contribution in [0, 0.1) is 5.82 Å². The zero-order valence-electron chi connectivity index (χ0n) is 11.0. The molecule has 1 heterocycles. The van der Waals surface area contributed by atoms with Gasteiger partial charge in [-0.3, -0.25) is 4.90 Å². The Balaban J connectivity index is 2.12. The fourth-order valence-electron chi connectivity index (χ4n) is 2.29. The molecule has 1 aromatic carbocycles. The summed E-state index contributed by atoms with van der Waals surface area (Å²) in [5, 5.41) is 0. The van der Waals surface area contributed by atoms with Crippen LogP contribution in [0.5, 0.6) is 0 Å². The molecular formula is C13H17FN2O2S2. The fourth-order valence-corrected chi connectivity index (χ4v) is 3.72. The molecule has 2 rings (SSSR count). The van der Waals surface area contributed by atoms with Crippen LogP contribution in [0.15, 0.2) is 18.2 Å². The lowest BCUT2D eigenvalue weighted by molar-refractivity contribution is 0.287. The van der Waals surface area contributed by atoms with Crippen LogP contribution in [-0.4, -0.2) is 42.9 Å². The summed E-state index contributed by atoms with van der Waals surface area (Å²) in [6, 6.07) is 4.49. The van der Waals surface area contributed by atoms with E-state index in [1.54, 1.807) is 6.07 Å². The van der Waals surface area contributed by atoms with Crippen molar-refractivity contribution in [3.63, 3.8) is 0 Å². The third-order valence-corrected chi connectivity index (χ3v) is 5.25. The van der Waals surface area contributed by atoms with Crippen molar-refractivity contribution in [1.82, 2.24) is 4.90 Å². The largest absolute Gasteiger partial charge is 0.389 e. The van der Waals surface area contributed by atoms with Crippen LogP contribution in [0.25, 0.3) is 0 Å². The van der Waals surface area contributed by atoms with E-state index in [1.807, 2.05) is 4.90 Å². The second-order valence-electron chi connectivity index (χ2n) is 4.99. The van der Waals surface area contributed by atoms with E-state index in [0.717, 1.165) is 5.56 Å². The lowest BCUT2D eigenvalue weighted by Crippen LogP contribution is -2.26. The Labute approximate surface area is 123 Å². The summed E-state index contributed by atoms with van der Waals surface area (Å²) in [6.45, 7) is 1.67. The van der Waals surface area contributed by atoms with Gasteiger partial charge in [0.25, 0.3) is 0 Å². The Morgan fingerprint density at radius 1 is 1.30 bits per heavy atom. The third kappa shape index (κ3) is 4.22. The molecule has 1 fully saturated rings. The van der Waals surface area contributed by atoms with Crippen molar-refractivity contribution in [3.8, 4) is 0 Å². The minimum Gasteiger partial charge on any atom is -0.389 e. The fraction of sp³-hybridized carbons (Fsp3) is 0.462. The number of nitrogens with zero attached hydrogens (tertiary/aromatic N) is 1. The first-order valence-electron chi connectivity index (χ1n) is 6.38. The van der Waals surface area contributed by atoms with Gasteiger partial charge in [-0.05, 0) is 36.7 Å². The molecule has 0 unspecified atom stereocenters. The van der Waals surface area contributed by atoms with E-state index in [9.17, 15) is 12.8 Å². The van der Waals surface area contributed by atoms with Gasteiger partial charge in [-0.25, -0.2) is 12.8 Å². The predicted molar refractivity (Wildman–Crippen MR) is 80.8 cm³/mol. The van der Waals surface area contributed by atoms with Crippen LogP contribution < -0.4 is 5.73 Å². The van der Waals surface area contributed by atoms with Crippen molar-refractivity contribution < 1.29 is 12.8 Å². The van der Waals surface area contributed by atoms with Crippen LogP contribution >= 0.6 is 12.2 Å². The summed E-state index contributed by atoms with van der Waals surface area (Å²) in [5.41, 5.74) is 6.77. The van der Waals surface area contributed by atoms with Crippen molar-refractivity contribution in [3.05, 3.63) is 35.1 Å². The molecule has 1 aliphatic rings. The first-order chi connectivity index (χ1) is 9.35. The van der Waals surface area contributed by atoms with Crippen LogP contribution in [0.2, 0.25) is 0 Å². The van der Waals surface area contributed by atoms with E-state index in [0.29, 0.717) is 31.6 Å². The maximum Gasteiger partial charge on any atom is 0.151 e. The molecule has 0 aromatic heterocycles. The SMILES string of the molecule is NC(=S)c1cc(F)cc(CN2CCCS(=O)(=O)CC2)c1. The molecule has 0 radical (unpaired) electrons. The molecule has 0 aliphatic carbocycles. The van der Waals surface area contributed by atoms with Gasteiger partial charge in [-0.1, -0.05) is 12.2 Å². The van der Waals surface area contributed by atoms with E-state index in [4.69, 9.17) is 18.0 Å². The Bertz CT molecular complexity index is 617. The van der Waals surface area contributed by atoms with Gasteiger partial charge in [0.05, 0.1) is 11.5 Å². The number of sulfone groups is 1. The molecule has 1 aliphatic heterocycles. The Morgan fingerprint density at radius 3 is 2.75 bits per heavy atom. The summed E-state index contributed by atoms with van der Waals surface area (Å²) >= 11 is 4.86. The van der Waals surface area contributed by atoms with Gasteiger partial charge in [0.2, 0.25) is 0 Å². The highest BCUT2D eigenvalue weighted by Crippen LogP contribution is 2.14. The highest BCUT2D eigenvalue weighted by atomic mass is 32.2. The normalized spacial score (nSPS) is 19.4. The molecule has 2 N–H and O–H groups in total. The average molecular weight is 316 g/mol. The minimum absolute atomic E-state index is 0.157. The molecule has 0 saturated carbocycles. The standard InChI is InChI=1S/C13H17FN2O2S2/c14-12-7-10(6-11(8-12)13(15)19)9-16-2-1-4-20(17,18)5-3-16/h6-8H,1-5,9H2,(H2,15,19). The summed E-state index contributed by atoms with van der Waals surface area (Å²) in [4.78, 5) is 2.17. The van der Waals surface area contributed by atoms with Crippen molar-refractivity contribution in [1.29, 1.82) is 0 Å². The first kappa shape index (κ1) is 15.3. The van der Waals surface area contributed by atoms with Crippen LogP contribution in [0.3, 0.4) is 0 Å². The number of benzene rings is 1. The number of hydrogen-bond acceptors (Lipinski definition) is 4. The van der Waals surface area contributed by atoms with Gasteiger partial charge in [-0.15, -0.1) is 0 Å². The lowest BCUT2D eigenvalue weighted by atomic mass is 10.1. The molecule has 0 spiro atoms. The number of hydrogen-bond donors (Lipinski definition) is 1. The second-order valence-corrected chi connectivity index (χ2v) is 7.74. The quantitative estimate of drug-likeness (QED) is 0.846. The highest BCUT2D eigenvalue weighted by molar-refractivity contribution is 7.91. The van der Waals surface area contributed by atoms with Gasteiger partial charge in [0.15, 0.2) is 9.84 Å². The van der Waals surface area contributed by atoms with Crippen molar-refractivity contribution in [2.75, 3.05) is 24.6 Å². The zero-order chi connectivity index (χ0) is 14.8. The minimum atomic E-state index is -2.93. The zero-order valence-corrected chi connectivity index (χ0v) is 12.6. The molecule has 7 heteroatoms.